The van der Waals surface area contributed by atoms with Crippen molar-refractivity contribution in [2.45, 2.75) is 31.0 Å². The molecule has 30 heavy (non-hydrogen) atoms. The van der Waals surface area contributed by atoms with Gasteiger partial charge in [0.1, 0.15) is 35.7 Å². The molecule has 2 aromatic rings. The molecule has 9 heteroatoms. The molecule has 1 saturated heterocycles. The minimum Gasteiger partial charge on any atom is -0.490 e. The summed E-state index contributed by atoms with van der Waals surface area (Å²) in [7, 11) is 0. The number of ether oxygens (including phenoxy) is 1. The molecule has 1 fully saturated rings. The molecule has 0 radical (unpaired) electrons. The Morgan fingerprint density at radius 3 is 2.80 bits per heavy atom. The van der Waals surface area contributed by atoms with Gasteiger partial charge in [0.2, 0.25) is 5.91 Å². The fourth-order valence-corrected chi connectivity index (χ4v) is 4.14. The highest BCUT2D eigenvalue weighted by molar-refractivity contribution is 6.33. The van der Waals surface area contributed by atoms with Crippen molar-refractivity contribution in [3.63, 3.8) is 0 Å². The Bertz CT molecular complexity index is 990. The molecule has 6 nitrogen and oxygen atoms in total. The molecule has 0 aromatic heterocycles. The van der Waals surface area contributed by atoms with Crippen LogP contribution in [0.1, 0.15) is 18.4 Å². The highest BCUT2D eigenvalue weighted by Gasteiger charge is 2.42. The van der Waals surface area contributed by atoms with Crippen LogP contribution in [0.3, 0.4) is 0 Å². The first kappa shape index (κ1) is 20.8. The van der Waals surface area contributed by atoms with Crippen molar-refractivity contribution >= 4 is 28.9 Å². The molecule has 1 amide bonds. The van der Waals surface area contributed by atoms with Crippen molar-refractivity contribution in [1.29, 1.82) is 0 Å². The smallest absolute Gasteiger partial charge is 0.224 e. The first-order chi connectivity index (χ1) is 14.3. The second-order valence-corrected chi connectivity index (χ2v) is 8.05. The number of carbonyl (C=O) groups excluding carboxylic acids is 1. The number of benzene rings is 2. The summed E-state index contributed by atoms with van der Waals surface area (Å²) in [6, 6.07) is 6.66. The number of aliphatic hydroxyl groups is 2. The van der Waals surface area contributed by atoms with Crippen molar-refractivity contribution in [2.24, 2.45) is 0 Å². The molecule has 2 heterocycles. The number of hydrogen-bond acceptors (Lipinski definition) is 5. The number of hydrogen-bond donors (Lipinski definition) is 3. The quantitative estimate of drug-likeness (QED) is 0.684. The van der Waals surface area contributed by atoms with E-state index in [-0.39, 0.29) is 42.6 Å². The number of rotatable bonds is 4. The van der Waals surface area contributed by atoms with Gasteiger partial charge in [0.05, 0.1) is 16.4 Å². The number of nitrogens with one attached hydrogen (secondary N) is 1. The van der Waals surface area contributed by atoms with Crippen LogP contribution in [0, 0.1) is 11.6 Å². The number of piperidine rings is 1. The topological polar surface area (TPSA) is 82.0 Å². The molecule has 0 unspecified atom stereocenters. The number of aliphatic hydroxyl groups excluding tert-OH is 1. The summed E-state index contributed by atoms with van der Waals surface area (Å²) in [5.74, 6) is -0.908. The Labute approximate surface area is 177 Å². The first-order valence-electron chi connectivity index (χ1n) is 9.61. The molecule has 3 N–H and O–H groups in total. The molecular formula is C21H21ClF2N2O4. The number of carbonyl (C=O) groups is 1. The number of anilines is 2. The maximum atomic E-state index is 14.0. The van der Waals surface area contributed by atoms with Gasteiger partial charge in [-0.05, 0) is 43.2 Å². The van der Waals surface area contributed by atoms with E-state index in [0.717, 1.165) is 0 Å². The number of nitrogens with zero attached hydrogens (tertiary/aromatic N) is 1. The predicted octanol–water partition coefficient (Wildman–Crippen LogP) is 2.88. The number of halogens is 3. The van der Waals surface area contributed by atoms with Gasteiger partial charge in [0.15, 0.2) is 0 Å². The van der Waals surface area contributed by atoms with E-state index in [0.29, 0.717) is 30.0 Å². The first-order valence-corrected chi connectivity index (χ1v) is 9.99. The van der Waals surface area contributed by atoms with Gasteiger partial charge < -0.3 is 25.2 Å². The minimum atomic E-state index is -1.53. The zero-order chi connectivity index (χ0) is 21.5. The fourth-order valence-electron chi connectivity index (χ4n) is 3.85. The molecule has 2 atom stereocenters. The van der Waals surface area contributed by atoms with Crippen molar-refractivity contribution in [2.75, 3.05) is 29.9 Å². The van der Waals surface area contributed by atoms with Crippen LogP contribution in [0.25, 0.3) is 0 Å². The van der Waals surface area contributed by atoms with E-state index in [1.165, 1.54) is 30.3 Å². The molecular weight excluding hydrogens is 418 g/mol. The maximum Gasteiger partial charge on any atom is 0.224 e. The SMILES string of the molecule is O=C1CCc2c(OC[C@]3(O)CCN(c4ccc(F)cc4Cl)C[C@H]3O)ccc(F)c2N1. The van der Waals surface area contributed by atoms with Gasteiger partial charge >= 0.3 is 0 Å². The van der Waals surface area contributed by atoms with Gasteiger partial charge in [0, 0.05) is 25.1 Å². The van der Waals surface area contributed by atoms with E-state index in [4.69, 9.17) is 16.3 Å². The Hall–Kier alpha value is -2.42. The van der Waals surface area contributed by atoms with Crippen LogP contribution in [0.2, 0.25) is 5.02 Å². The lowest BCUT2D eigenvalue weighted by atomic mass is 9.89. The van der Waals surface area contributed by atoms with Crippen molar-refractivity contribution in [1.82, 2.24) is 0 Å². The third-order valence-electron chi connectivity index (χ3n) is 5.64. The summed E-state index contributed by atoms with van der Waals surface area (Å²) in [6.45, 7) is 0.258. The van der Waals surface area contributed by atoms with Gasteiger partial charge in [-0.25, -0.2) is 8.78 Å². The molecule has 0 aliphatic carbocycles. The number of amides is 1. The highest BCUT2D eigenvalue weighted by atomic mass is 35.5. The molecule has 2 aliphatic heterocycles. The van der Waals surface area contributed by atoms with Crippen molar-refractivity contribution in [3.05, 3.63) is 52.6 Å². The summed E-state index contributed by atoms with van der Waals surface area (Å²) < 4.78 is 33.1. The lowest BCUT2D eigenvalue weighted by molar-refractivity contribution is -0.116. The molecule has 160 valence electrons. The van der Waals surface area contributed by atoms with E-state index in [2.05, 4.69) is 5.32 Å². The van der Waals surface area contributed by atoms with Gasteiger partial charge in [0.25, 0.3) is 0 Å². The molecule has 2 aromatic carbocycles. The normalized spacial score (nSPS) is 23.7. The lowest BCUT2D eigenvalue weighted by Gasteiger charge is -2.43. The standard InChI is InChI=1S/C21H21ClF2N2O4/c22-14-9-12(23)1-4-16(14)26-8-7-21(29,18(27)10-26)11-30-17-5-3-15(24)20-13(17)2-6-19(28)25-20/h1,3-5,9,18,27,29H,2,6-8,10-11H2,(H,25,28)/t18-,21-/m1/s1. The van der Waals surface area contributed by atoms with Gasteiger partial charge in [-0.3, -0.25) is 4.79 Å². The lowest BCUT2D eigenvalue weighted by Crippen LogP contribution is -2.58. The van der Waals surface area contributed by atoms with E-state index in [9.17, 15) is 23.8 Å². The Kier molecular flexibility index (Phi) is 5.57. The summed E-state index contributed by atoms with van der Waals surface area (Å²) in [6.07, 6.45) is -0.426. The Morgan fingerprint density at radius 2 is 2.07 bits per heavy atom. The largest absolute Gasteiger partial charge is 0.490 e. The van der Waals surface area contributed by atoms with Crippen LogP contribution < -0.4 is 15.0 Å². The molecule has 0 bridgehead atoms. The summed E-state index contributed by atoms with van der Waals surface area (Å²) in [5.41, 5.74) is -0.328. The van der Waals surface area contributed by atoms with Crippen LogP contribution in [-0.4, -0.2) is 47.5 Å². The minimum absolute atomic E-state index is 0.0861. The molecule has 0 spiro atoms. The highest BCUT2D eigenvalue weighted by Crippen LogP contribution is 2.36. The Balaban J connectivity index is 1.46. The van der Waals surface area contributed by atoms with E-state index >= 15 is 0 Å². The maximum absolute atomic E-state index is 14.0. The average molecular weight is 439 g/mol. The van der Waals surface area contributed by atoms with Crippen molar-refractivity contribution < 1.29 is 28.5 Å². The molecule has 4 rings (SSSR count). The van der Waals surface area contributed by atoms with Crippen LogP contribution in [0.15, 0.2) is 30.3 Å². The van der Waals surface area contributed by atoms with Crippen LogP contribution in [0.5, 0.6) is 5.75 Å². The number of β-amino-alcohol motifs (C(OH)–C–C–N with tert-alkyl or cyclic N) is 1. The predicted molar refractivity (Wildman–Crippen MR) is 108 cm³/mol. The van der Waals surface area contributed by atoms with E-state index in [1.807, 2.05) is 0 Å². The molecule has 2 aliphatic rings. The zero-order valence-electron chi connectivity index (χ0n) is 16.0. The third-order valence-corrected chi connectivity index (χ3v) is 5.94. The second kappa shape index (κ2) is 8.02. The van der Waals surface area contributed by atoms with Gasteiger partial charge in [-0.1, -0.05) is 11.6 Å². The monoisotopic (exact) mass is 438 g/mol. The second-order valence-electron chi connectivity index (χ2n) is 7.65. The van der Waals surface area contributed by atoms with Gasteiger partial charge in [-0.15, -0.1) is 0 Å². The van der Waals surface area contributed by atoms with E-state index < -0.39 is 23.3 Å². The van der Waals surface area contributed by atoms with Crippen LogP contribution in [0.4, 0.5) is 20.2 Å². The van der Waals surface area contributed by atoms with Crippen LogP contribution >= 0.6 is 11.6 Å². The Morgan fingerprint density at radius 1 is 1.27 bits per heavy atom. The van der Waals surface area contributed by atoms with E-state index in [1.54, 1.807) is 4.90 Å². The summed E-state index contributed by atoms with van der Waals surface area (Å²) in [4.78, 5) is 13.3. The average Bonchev–Trinajstić information content (AvgIpc) is 2.70. The zero-order valence-corrected chi connectivity index (χ0v) is 16.8. The number of fused-ring (bicyclic) bond motifs is 1. The molecule has 0 saturated carbocycles. The summed E-state index contributed by atoms with van der Waals surface area (Å²) >= 11 is 6.10. The summed E-state index contributed by atoms with van der Waals surface area (Å²) in [5, 5.41) is 24.3. The van der Waals surface area contributed by atoms with Gasteiger partial charge in [-0.2, -0.15) is 0 Å². The van der Waals surface area contributed by atoms with Crippen molar-refractivity contribution in [3.8, 4) is 5.75 Å². The van der Waals surface area contributed by atoms with Crippen LogP contribution in [-0.2, 0) is 11.2 Å². The fraction of sp³-hybridized carbons (Fsp3) is 0.381. The third kappa shape index (κ3) is 3.95.